The number of hydrogen-bond donors (Lipinski definition) is 1. The molecular weight excluding hydrogens is 520 g/mol. The van der Waals surface area contributed by atoms with Gasteiger partial charge in [-0.25, -0.2) is 9.80 Å². The zero-order valence-corrected chi connectivity index (χ0v) is 22.9. The van der Waals surface area contributed by atoms with E-state index in [1.807, 2.05) is 42.5 Å². The molecule has 3 aromatic carbocycles. The molecule has 0 saturated carbocycles. The molecule has 0 saturated heterocycles. The number of amides is 3. The molecule has 0 unspecified atom stereocenters. The van der Waals surface area contributed by atoms with Crippen molar-refractivity contribution in [2.45, 2.75) is 12.5 Å². The van der Waals surface area contributed by atoms with Crippen LogP contribution in [0.25, 0.3) is 0 Å². The highest BCUT2D eigenvalue weighted by Crippen LogP contribution is 2.36. The maximum absolute atomic E-state index is 13.8. The average molecular weight is 551 g/mol. The Morgan fingerprint density at radius 1 is 1.03 bits per heavy atom. The van der Waals surface area contributed by atoms with Crippen molar-refractivity contribution in [3.05, 3.63) is 88.9 Å². The number of hydrazone groups is 1. The topological polar surface area (TPSA) is 92.7 Å². The third-order valence-corrected chi connectivity index (χ3v) is 6.70. The number of hydrogen-bond acceptors (Lipinski definition) is 6. The van der Waals surface area contributed by atoms with Crippen molar-refractivity contribution in [1.82, 2.24) is 9.91 Å². The normalized spacial score (nSPS) is 14.5. The van der Waals surface area contributed by atoms with Crippen LogP contribution in [-0.2, 0) is 9.53 Å². The zero-order chi connectivity index (χ0) is 27.8. The van der Waals surface area contributed by atoms with E-state index in [9.17, 15) is 9.59 Å². The maximum atomic E-state index is 13.8. The number of halogens is 1. The predicted octanol–water partition coefficient (Wildman–Crippen LogP) is 5.22. The number of ether oxygens (including phenoxy) is 3. The maximum Gasteiger partial charge on any atom is 0.322 e. The van der Waals surface area contributed by atoms with Gasteiger partial charge in [-0.2, -0.15) is 5.10 Å². The first-order valence-corrected chi connectivity index (χ1v) is 12.8. The van der Waals surface area contributed by atoms with Gasteiger partial charge in [0.05, 0.1) is 38.3 Å². The third kappa shape index (κ3) is 6.68. The molecule has 39 heavy (non-hydrogen) atoms. The number of para-hydroxylation sites is 2. The molecule has 0 aliphatic carbocycles. The molecule has 3 aromatic rings. The monoisotopic (exact) mass is 550 g/mol. The summed E-state index contributed by atoms with van der Waals surface area (Å²) >= 11 is 6.55. The molecule has 204 valence electrons. The van der Waals surface area contributed by atoms with E-state index in [2.05, 4.69) is 5.32 Å². The Kier molecular flexibility index (Phi) is 9.40. The van der Waals surface area contributed by atoms with Gasteiger partial charge in [0.1, 0.15) is 18.0 Å². The number of carbonyl (C=O) groups excluding carboxylic acids is 2. The molecule has 1 N–H and O–H groups in total. The van der Waals surface area contributed by atoms with Crippen LogP contribution >= 0.6 is 11.6 Å². The number of rotatable bonds is 10. The van der Waals surface area contributed by atoms with Crippen molar-refractivity contribution in [2.75, 3.05) is 46.3 Å². The van der Waals surface area contributed by atoms with Crippen LogP contribution in [-0.4, -0.2) is 68.6 Å². The number of nitrogens with one attached hydrogen (secondary N) is 1. The molecule has 0 bridgehead atoms. The summed E-state index contributed by atoms with van der Waals surface area (Å²) in [6.07, 6.45) is 0.453. The molecule has 0 radical (unpaired) electrons. The van der Waals surface area contributed by atoms with E-state index >= 15 is 0 Å². The summed E-state index contributed by atoms with van der Waals surface area (Å²) in [6, 6.07) is 21.1. The Morgan fingerprint density at radius 3 is 2.54 bits per heavy atom. The lowest BCUT2D eigenvalue weighted by Gasteiger charge is -2.27. The fourth-order valence-corrected chi connectivity index (χ4v) is 4.60. The van der Waals surface area contributed by atoms with Crippen molar-refractivity contribution < 1.29 is 23.8 Å². The highest BCUT2D eigenvalue weighted by molar-refractivity contribution is 6.31. The molecule has 1 aliphatic rings. The zero-order valence-electron chi connectivity index (χ0n) is 22.1. The van der Waals surface area contributed by atoms with Crippen molar-refractivity contribution in [3.8, 4) is 11.5 Å². The van der Waals surface area contributed by atoms with Crippen LogP contribution in [0.5, 0.6) is 11.5 Å². The highest BCUT2D eigenvalue weighted by Gasteiger charge is 2.35. The number of carbonyl (C=O) groups is 2. The van der Waals surface area contributed by atoms with Gasteiger partial charge in [-0.3, -0.25) is 4.79 Å². The van der Waals surface area contributed by atoms with E-state index in [1.54, 1.807) is 37.4 Å². The van der Waals surface area contributed by atoms with Crippen LogP contribution in [0.1, 0.15) is 23.6 Å². The average Bonchev–Trinajstić information content (AvgIpc) is 3.41. The number of methoxy groups -OCH3 is 3. The Hall–Kier alpha value is -4.08. The molecule has 0 fully saturated rings. The first-order chi connectivity index (χ1) is 18.9. The number of urea groups is 1. The van der Waals surface area contributed by atoms with Gasteiger partial charge < -0.3 is 24.4 Å². The summed E-state index contributed by atoms with van der Waals surface area (Å²) in [5.74, 6) is 0.840. The molecule has 3 amide bonds. The minimum atomic E-state index is -0.463. The standard InChI is InChI=1S/C29H31ClN4O5/c1-37-16-15-33(29(36)31-24-13-6-7-14-27(24)39-3)19-28(35)34-26(22-11-4-5-12-23(22)30)18-25(32-34)20-9-8-10-21(17-20)38-2/h4-14,17,26H,15-16,18-19H2,1-3H3,(H,31,36)/t26-/m0/s1. The first-order valence-electron chi connectivity index (χ1n) is 12.4. The summed E-state index contributed by atoms with van der Waals surface area (Å²) in [6.45, 7) is 0.222. The van der Waals surface area contributed by atoms with Gasteiger partial charge in [0.15, 0.2) is 0 Å². The van der Waals surface area contributed by atoms with Crippen LogP contribution < -0.4 is 14.8 Å². The molecule has 0 aromatic heterocycles. The van der Waals surface area contributed by atoms with Crippen molar-refractivity contribution >= 4 is 34.9 Å². The first kappa shape index (κ1) is 27.9. The number of anilines is 1. The van der Waals surface area contributed by atoms with Crippen molar-refractivity contribution in [2.24, 2.45) is 5.10 Å². The number of nitrogens with zero attached hydrogens (tertiary/aromatic N) is 3. The van der Waals surface area contributed by atoms with Crippen molar-refractivity contribution in [3.63, 3.8) is 0 Å². The largest absolute Gasteiger partial charge is 0.497 e. The molecule has 4 rings (SSSR count). The van der Waals surface area contributed by atoms with Crippen LogP contribution in [0.3, 0.4) is 0 Å². The summed E-state index contributed by atoms with van der Waals surface area (Å²) < 4.78 is 15.9. The van der Waals surface area contributed by atoms with Gasteiger partial charge in [0.25, 0.3) is 5.91 Å². The van der Waals surface area contributed by atoms with Gasteiger partial charge >= 0.3 is 6.03 Å². The molecule has 0 spiro atoms. The summed E-state index contributed by atoms with van der Waals surface area (Å²) in [5.41, 5.74) is 2.82. The van der Waals surface area contributed by atoms with E-state index < -0.39 is 12.1 Å². The van der Waals surface area contributed by atoms with E-state index in [4.69, 9.17) is 30.9 Å². The smallest absolute Gasteiger partial charge is 0.322 e. The Balaban J connectivity index is 1.61. The van der Waals surface area contributed by atoms with Gasteiger partial charge in [-0.05, 0) is 35.9 Å². The SMILES string of the molecule is COCCN(CC(=O)N1N=C(c2cccc(OC)c2)C[C@H]1c1ccccc1Cl)C(=O)Nc1ccccc1OC. The van der Waals surface area contributed by atoms with E-state index in [-0.39, 0.29) is 25.6 Å². The van der Waals surface area contributed by atoms with Gasteiger partial charge in [-0.1, -0.05) is 54.1 Å². The third-order valence-electron chi connectivity index (χ3n) is 6.36. The van der Waals surface area contributed by atoms with Gasteiger partial charge in [0.2, 0.25) is 0 Å². The minimum Gasteiger partial charge on any atom is -0.497 e. The van der Waals surface area contributed by atoms with Crippen LogP contribution in [0.15, 0.2) is 77.9 Å². The highest BCUT2D eigenvalue weighted by atomic mass is 35.5. The fourth-order valence-electron chi connectivity index (χ4n) is 4.34. The Morgan fingerprint density at radius 2 is 1.79 bits per heavy atom. The second-order valence-electron chi connectivity index (χ2n) is 8.80. The quantitative estimate of drug-likeness (QED) is 0.374. The number of benzene rings is 3. The van der Waals surface area contributed by atoms with Gasteiger partial charge in [-0.15, -0.1) is 0 Å². The second-order valence-corrected chi connectivity index (χ2v) is 9.21. The molecule has 1 atom stereocenters. The molecule has 1 heterocycles. The Bertz CT molecular complexity index is 1350. The lowest BCUT2D eigenvalue weighted by Crippen LogP contribution is -2.44. The minimum absolute atomic E-state index is 0.195. The van der Waals surface area contributed by atoms with Crippen LogP contribution in [0.4, 0.5) is 10.5 Å². The van der Waals surface area contributed by atoms with Crippen LogP contribution in [0.2, 0.25) is 5.02 Å². The van der Waals surface area contributed by atoms with E-state index in [0.29, 0.717) is 34.3 Å². The van der Waals surface area contributed by atoms with Crippen LogP contribution in [0, 0.1) is 0 Å². The Labute approximate surface area is 232 Å². The molecule has 10 heteroatoms. The molecule has 9 nitrogen and oxygen atoms in total. The second kappa shape index (κ2) is 13.1. The summed E-state index contributed by atoms with van der Waals surface area (Å²) in [4.78, 5) is 28.4. The van der Waals surface area contributed by atoms with E-state index in [0.717, 1.165) is 11.1 Å². The fraction of sp³-hybridized carbons (Fsp3) is 0.276. The lowest BCUT2D eigenvalue weighted by molar-refractivity contribution is -0.133. The molecular formula is C29H31ClN4O5. The lowest BCUT2D eigenvalue weighted by atomic mass is 9.98. The van der Waals surface area contributed by atoms with Gasteiger partial charge in [0, 0.05) is 30.7 Å². The van der Waals surface area contributed by atoms with Crippen molar-refractivity contribution in [1.29, 1.82) is 0 Å². The predicted molar refractivity (Wildman–Crippen MR) is 151 cm³/mol. The molecule has 1 aliphatic heterocycles. The summed E-state index contributed by atoms with van der Waals surface area (Å²) in [7, 11) is 4.66. The van der Waals surface area contributed by atoms with E-state index in [1.165, 1.54) is 24.1 Å². The summed E-state index contributed by atoms with van der Waals surface area (Å²) in [5, 5.41) is 9.50.